The molecule has 3 rings (SSSR count). The van der Waals surface area contributed by atoms with E-state index in [2.05, 4.69) is 30.4 Å². The topological polar surface area (TPSA) is 65.6 Å². The molecule has 0 N–H and O–H groups in total. The summed E-state index contributed by atoms with van der Waals surface area (Å²) in [4.78, 5) is 17.1. The van der Waals surface area contributed by atoms with Gasteiger partial charge in [-0.25, -0.2) is 4.98 Å². The van der Waals surface area contributed by atoms with Crippen molar-refractivity contribution in [3.8, 4) is 0 Å². The number of halogens is 4. The average Bonchev–Trinajstić information content (AvgIpc) is 2.95. The number of fused-ring (bicyclic) bond motifs is 1. The largest absolute Gasteiger partial charge is 0.408 e. The predicted octanol–water partition coefficient (Wildman–Crippen LogP) is 2.73. The highest BCUT2D eigenvalue weighted by Gasteiger charge is 2.29. The van der Waals surface area contributed by atoms with E-state index in [1.807, 2.05) is 0 Å². The third-order valence-electron chi connectivity index (χ3n) is 3.08. The normalized spacial score (nSPS) is 12.2. The van der Waals surface area contributed by atoms with Crippen molar-refractivity contribution in [3.63, 3.8) is 0 Å². The molecule has 3 aromatic rings. The second-order valence-corrected chi connectivity index (χ2v) is 6.47. The van der Waals surface area contributed by atoms with Crippen LogP contribution in [0, 0.1) is 6.92 Å². The Morgan fingerprint density at radius 2 is 2.13 bits per heavy atom. The van der Waals surface area contributed by atoms with Crippen LogP contribution in [0.4, 0.5) is 13.2 Å². The van der Waals surface area contributed by atoms with E-state index >= 15 is 0 Å². The van der Waals surface area contributed by atoms with Crippen molar-refractivity contribution in [2.24, 2.45) is 0 Å². The first-order valence-electron chi connectivity index (χ1n) is 6.34. The number of aryl methyl sites for hydroxylation is 1. The Morgan fingerprint density at radius 1 is 1.39 bits per heavy atom. The van der Waals surface area contributed by atoms with Crippen molar-refractivity contribution in [2.45, 2.75) is 26.2 Å². The highest BCUT2D eigenvalue weighted by molar-refractivity contribution is 9.10. The van der Waals surface area contributed by atoms with Crippen LogP contribution in [0.25, 0.3) is 10.2 Å². The maximum Gasteiger partial charge on any atom is 0.408 e. The lowest BCUT2D eigenvalue weighted by molar-refractivity contribution is -0.142. The van der Waals surface area contributed by atoms with Gasteiger partial charge < -0.3 is 0 Å². The highest BCUT2D eigenvalue weighted by Crippen LogP contribution is 2.21. The van der Waals surface area contributed by atoms with Gasteiger partial charge in [-0.2, -0.15) is 22.6 Å². The minimum Gasteiger partial charge on any atom is -0.292 e. The first-order chi connectivity index (χ1) is 10.7. The molecule has 0 fully saturated rings. The zero-order valence-electron chi connectivity index (χ0n) is 11.6. The fourth-order valence-corrected chi connectivity index (χ4v) is 3.27. The van der Waals surface area contributed by atoms with Gasteiger partial charge in [0.1, 0.15) is 6.54 Å². The molecule has 23 heavy (non-hydrogen) atoms. The maximum atomic E-state index is 12.4. The molecule has 0 saturated heterocycles. The fraction of sp³-hybridized carbons (Fsp3) is 0.333. The summed E-state index contributed by atoms with van der Waals surface area (Å²) >= 11 is 4.29. The van der Waals surface area contributed by atoms with Gasteiger partial charge in [-0.1, -0.05) is 0 Å². The standard InChI is InChI=1S/C12H9BrF3N5OS/c1-6-9-10(23-19-6)17-5-20(11(9)22)3-8-7(13)2-21(18-8)4-12(14,15)16/h2,5H,3-4H2,1H3. The van der Waals surface area contributed by atoms with E-state index in [0.717, 1.165) is 16.2 Å². The van der Waals surface area contributed by atoms with Crippen LogP contribution < -0.4 is 5.56 Å². The second-order valence-electron chi connectivity index (χ2n) is 4.86. The molecule has 3 heterocycles. The van der Waals surface area contributed by atoms with Crippen molar-refractivity contribution in [2.75, 3.05) is 0 Å². The zero-order valence-corrected chi connectivity index (χ0v) is 14.0. The van der Waals surface area contributed by atoms with Crippen LogP contribution in [0.2, 0.25) is 0 Å². The molecule has 0 bridgehead atoms. The van der Waals surface area contributed by atoms with Gasteiger partial charge in [0, 0.05) is 6.20 Å². The lowest BCUT2D eigenvalue weighted by Crippen LogP contribution is -2.22. The SMILES string of the molecule is Cc1nsc2ncn(Cc3nn(CC(F)(F)F)cc3Br)c(=O)c12. The molecule has 0 spiro atoms. The van der Waals surface area contributed by atoms with Gasteiger partial charge in [0.15, 0.2) is 4.83 Å². The van der Waals surface area contributed by atoms with Crippen LogP contribution in [0.3, 0.4) is 0 Å². The first-order valence-corrected chi connectivity index (χ1v) is 7.91. The molecular weight excluding hydrogens is 399 g/mol. The summed E-state index contributed by atoms with van der Waals surface area (Å²) < 4.78 is 43.8. The monoisotopic (exact) mass is 407 g/mol. The summed E-state index contributed by atoms with van der Waals surface area (Å²) in [7, 11) is 0. The first kappa shape index (κ1) is 16.1. The number of rotatable bonds is 3. The third-order valence-corrected chi connectivity index (χ3v) is 4.59. The molecule has 0 aliphatic carbocycles. The van der Waals surface area contributed by atoms with Gasteiger partial charge in [0.25, 0.3) is 5.56 Å². The van der Waals surface area contributed by atoms with Crippen molar-refractivity contribution in [3.05, 3.63) is 38.7 Å². The molecule has 122 valence electrons. The molecular formula is C12H9BrF3N5OS. The Balaban J connectivity index is 1.95. The molecule has 3 aromatic heterocycles. The lowest BCUT2D eigenvalue weighted by Gasteiger charge is -2.06. The van der Waals surface area contributed by atoms with Crippen LogP contribution in [0.5, 0.6) is 0 Å². The van der Waals surface area contributed by atoms with Crippen molar-refractivity contribution in [1.82, 2.24) is 23.7 Å². The number of aromatic nitrogens is 5. The molecule has 0 aliphatic heterocycles. The van der Waals surface area contributed by atoms with E-state index < -0.39 is 12.7 Å². The van der Waals surface area contributed by atoms with Crippen molar-refractivity contribution in [1.29, 1.82) is 0 Å². The Morgan fingerprint density at radius 3 is 2.83 bits per heavy atom. The molecule has 0 aliphatic rings. The van der Waals surface area contributed by atoms with E-state index in [1.54, 1.807) is 6.92 Å². The van der Waals surface area contributed by atoms with E-state index in [4.69, 9.17) is 0 Å². The smallest absolute Gasteiger partial charge is 0.292 e. The molecule has 0 radical (unpaired) electrons. The van der Waals surface area contributed by atoms with Crippen molar-refractivity contribution < 1.29 is 13.2 Å². The maximum absolute atomic E-state index is 12.4. The average molecular weight is 408 g/mol. The van der Waals surface area contributed by atoms with E-state index in [0.29, 0.717) is 26.1 Å². The Kier molecular flexibility index (Phi) is 4.00. The molecule has 0 aromatic carbocycles. The van der Waals surface area contributed by atoms with Crippen LogP contribution in [-0.4, -0.2) is 29.9 Å². The molecule has 0 saturated carbocycles. The molecule has 0 unspecified atom stereocenters. The minimum atomic E-state index is -4.36. The van der Waals surface area contributed by atoms with E-state index in [9.17, 15) is 18.0 Å². The van der Waals surface area contributed by atoms with Crippen LogP contribution >= 0.6 is 27.5 Å². The summed E-state index contributed by atoms with van der Waals surface area (Å²) in [6.07, 6.45) is -1.78. The van der Waals surface area contributed by atoms with Gasteiger partial charge in [-0.3, -0.25) is 14.0 Å². The van der Waals surface area contributed by atoms with Gasteiger partial charge >= 0.3 is 6.18 Å². The molecule has 0 amide bonds. The highest BCUT2D eigenvalue weighted by atomic mass is 79.9. The molecule has 0 atom stereocenters. The third kappa shape index (κ3) is 3.29. The van der Waals surface area contributed by atoms with E-state index in [-0.39, 0.29) is 12.1 Å². The quantitative estimate of drug-likeness (QED) is 0.669. The van der Waals surface area contributed by atoms with Crippen LogP contribution in [0.15, 0.2) is 21.8 Å². The Labute approximate surface area is 139 Å². The van der Waals surface area contributed by atoms with Gasteiger partial charge in [-0.05, 0) is 34.4 Å². The zero-order chi connectivity index (χ0) is 16.8. The van der Waals surface area contributed by atoms with Gasteiger partial charge in [0.2, 0.25) is 0 Å². The number of hydrogen-bond acceptors (Lipinski definition) is 5. The summed E-state index contributed by atoms with van der Waals surface area (Å²) in [6.45, 7) is 0.536. The van der Waals surface area contributed by atoms with Crippen molar-refractivity contribution >= 4 is 37.7 Å². The Bertz CT molecular complexity index is 929. The summed E-state index contributed by atoms with van der Waals surface area (Å²) in [5, 5.41) is 4.29. The summed E-state index contributed by atoms with van der Waals surface area (Å²) in [6, 6.07) is 0. The van der Waals surface area contributed by atoms with E-state index in [1.165, 1.54) is 17.1 Å². The number of alkyl halides is 3. The van der Waals surface area contributed by atoms with Crippen LogP contribution in [0.1, 0.15) is 11.4 Å². The molecule has 6 nitrogen and oxygen atoms in total. The van der Waals surface area contributed by atoms with Gasteiger partial charge in [0.05, 0.1) is 34.1 Å². The lowest BCUT2D eigenvalue weighted by atomic mass is 10.3. The van der Waals surface area contributed by atoms with Gasteiger partial charge in [-0.15, -0.1) is 0 Å². The summed E-state index contributed by atoms with van der Waals surface area (Å²) in [5.74, 6) is 0. The second kappa shape index (κ2) is 5.71. The Hall–Kier alpha value is -1.75. The predicted molar refractivity (Wildman–Crippen MR) is 81.5 cm³/mol. The number of hydrogen-bond donors (Lipinski definition) is 0. The number of nitrogens with zero attached hydrogens (tertiary/aromatic N) is 5. The summed E-state index contributed by atoms with van der Waals surface area (Å²) in [5.41, 5.74) is 0.607. The van der Waals surface area contributed by atoms with Crippen LogP contribution in [-0.2, 0) is 13.1 Å². The fourth-order valence-electron chi connectivity index (χ4n) is 2.09. The molecule has 11 heteroatoms. The minimum absolute atomic E-state index is 0.0164.